The van der Waals surface area contributed by atoms with Crippen LogP contribution in [-0.2, 0) is 12.8 Å². The number of fused-ring (bicyclic) bond motifs is 1. The first-order valence-corrected chi connectivity index (χ1v) is 6.73. The van der Waals surface area contributed by atoms with Gasteiger partial charge in [0.05, 0.1) is 12.6 Å². The van der Waals surface area contributed by atoms with E-state index in [0.717, 1.165) is 17.7 Å². The summed E-state index contributed by atoms with van der Waals surface area (Å²) in [6.45, 7) is 0.698. The molecular weight excluding hydrogens is 255 g/mol. The molecule has 0 radical (unpaired) electrons. The normalized spacial score (nSPS) is 14.7. The van der Waals surface area contributed by atoms with Crippen molar-refractivity contribution in [3.63, 3.8) is 0 Å². The van der Waals surface area contributed by atoms with Gasteiger partial charge in [-0.05, 0) is 23.6 Å². The number of hydrogen-bond acceptors (Lipinski definition) is 3. The van der Waals surface area contributed by atoms with Crippen LogP contribution in [-0.4, -0.2) is 6.61 Å². The lowest BCUT2D eigenvalue weighted by Gasteiger charge is -2.19. The maximum Gasteiger partial charge on any atom is 0.127 e. The first-order chi connectivity index (χ1) is 9.79. The van der Waals surface area contributed by atoms with E-state index in [9.17, 15) is 4.39 Å². The molecule has 3 rings (SSSR count). The highest BCUT2D eigenvalue weighted by Gasteiger charge is 2.22. The molecule has 0 saturated carbocycles. The van der Waals surface area contributed by atoms with Crippen LogP contribution < -0.4 is 16.0 Å². The minimum Gasteiger partial charge on any atom is -0.493 e. The molecule has 0 spiro atoms. The van der Waals surface area contributed by atoms with E-state index < -0.39 is 0 Å². The highest BCUT2D eigenvalue weighted by Crippen LogP contribution is 2.34. The quantitative estimate of drug-likeness (QED) is 0.664. The van der Waals surface area contributed by atoms with Crippen molar-refractivity contribution in [1.29, 1.82) is 0 Å². The molecule has 0 fully saturated rings. The number of hydrogen-bond donors (Lipinski definition) is 2. The van der Waals surface area contributed by atoms with Gasteiger partial charge in [-0.25, -0.2) is 4.39 Å². The van der Waals surface area contributed by atoms with Gasteiger partial charge >= 0.3 is 0 Å². The zero-order valence-corrected chi connectivity index (χ0v) is 11.1. The van der Waals surface area contributed by atoms with E-state index in [1.54, 1.807) is 12.1 Å². The fraction of sp³-hybridized carbons (Fsp3) is 0.250. The summed E-state index contributed by atoms with van der Waals surface area (Å²) < 4.78 is 19.5. The van der Waals surface area contributed by atoms with Crippen LogP contribution in [0, 0.1) is 5.82 Å². The third kappa shape index (κ3) is 2.40. The van der Waals surface area contributed by atoms with Crippen LogP contribution in [0.3, 0.4) is 0 Å². The van der Waals surface area contributed by atoms with Crippen LogP contribution in [0.2, 0.25) is 0 Å². The Balaban J connectivity index is 1.91. The van der Waals surface area contributed by atoms with Crippen molar-refractivity contribution in [3.8, 4) is 5.75 Å². The Morgan fingerprint density at radius 3 is 2.85 bits per heavy atom. The van der Waals surface area contributed by atoms with Gasteiger partial charge in [0.25, 0.3) is 0 Å². The average Bonchev–Trinajstić information content (AvgIpc) is 2.95. The average molecular weight is 272 g/mol. The maximum atomic E-state index is 13.8. The van der Waals surface area contributed by atoms with E-state index in [1.165, 1.54) is 11.6 Å². The van der Waals surface area contributed by atoms with Gasteiger partial charge in [-0.2, -0.15) is 0 Å². The highest BCUT2D eigenvalue weighted by molar-refractivity contribution is 5.46. The summed E-state index contributed by atoms with van der Waals surface area (Å²) in [4.78, 5) is 0. The van der Waals surface area contributed by atoms with Gasteiger partial charge in [-0.1, -0.05) is 36.4 Å². The molecule has 2 aromatic rings. The van der Waals surface area contributed by atoms with Crippen LogP contribution in [0.1, 0.15) is 22.7 Å². The van der Waals surface area contributed by atoms with Gasteiger partial charge in [-0.15, -0.1) is 0 Å². The Hall–Kier alpha value is -1.91. The lowest BCUT2D eigenvalue weighted by molar-refractivity contribution is 0.348. The lowest BCUT2D eigenvalue weighted by Crippen LogP contribution is -2.30. The molecule has 3 N–H and O–H groups in total. The third-order valence-electron chi connectivity index (χ3n) is 3.70. The summed E-state index contributed by atoms with van der Waals surface area (Å²) in [6.07, 6.45) is 1.41. The van der Waals surface area contributed by atoms with Crippen LogP contribution >= 0.6 is 0 Å². The molecule has 3 nitrogen and oxygen atoms in total. The van der Waals surface area contributed by atoms with Crippen molar-refractivity contribution in [3.05, 3.63) is 65.0 Å². The molecule has 1 aliphatic heterocycles. The number of nitrogens with two attached hydrogens (primary N) is 1. The molecule has 0 amide bonds. The van der Waals surface area contributed by atoms with Crippen LogP contribution in [0.4, 0.5) is 4.39 Å². The number of halogens is 1. The monoisotopic (exact) mass is 272 g/mol. The van der Waals surface area contributed by atoms with Crippen LogP contribution in [0.5, 0.6) is 5.75 Å². The fourth-order valence-electron chi connectivity index (χ4n) is 2.66. The summed E-state index contributed by atoms with van der Waals surface area (Å²) in [5.41, 5.74) is 5.60. The number of nitrogens with one attached hydrogen (secondary N) is 1. The van der Waals surface area contributed by atoms with Gasteiger partial charge in [-0.3, -0.25) is 11.3 Å². The van der Waals surface area contributed by atoms with E-state index in [2.05, 4.69) is 11.5 Å². The van der Waals surface area contributed by atoms with Gasteiger partial charge < -0.3 is 4.74 Å². The highest BCUT2D eigenvalue weighted by atomic mass is 19.1. The van der Waals surface area contributed by atoms with E-state index in [1.807, 2.05) is 18.2 Å². The Kier molecular flexibility index (Phi) is 3.67. The molecule has 1 unspecified atom stereocenters. The maximum absolute atomic E-state index is 13.8. The van der Waals surface area contributed by atoms with E-state index >= 15 is 0 Å². The van der Waals surface area contributed by atoms with E-state index in [0.29, 0.717) is 18.6 Å². The van der Waals surface area contributed by atoms with E-state index in [4.69, 9.17) is 10.6 Å². The first-order valence-electron chi connectivity index (χ1n) is 6.73. The molecule has 0 aromatic heterocycles. The van der Waals surface area contributed by atoms with Crippen molar-refractivity contribution in [1.82, 2.24) is 5.43 Å². The molecule has 0 bridgehead atoms. The van der Waals surface area contributed by atoms with Gasteiger partial charge in [0.1, 0.15) is 11.6 Å². The van der Waals surface area contributed by atoms with Crippen molar-refractivity contribution in [2.75, 3.05) is 6.61 Å². The largest absolute Gasteiger partial charge is 0.493 e. The summed E-state index contributed by atoms with van der Waals surface area (Å²) in [7, 11) is 0. The second-order valence-corrected chi connectivity index (χ2v) is 4.95. The van der Waals surface area contributed by atoms with Crippen LogP contribution in [0.25, 0.3) is 0 Å². The summed E-state index contributed by atoms with van der Waals surface area (Å²) in [5.74, 6) is 6.36. The molecule has 1 aliphatic rings. The zero-order chi connectivity index (χ0) is 13.9. The molecule has 1 atom stereocenters. The number of hydrazine groups is 1. The van der Waals surface area contributed by atoms with E-state index in [-0.39, 0.29) is 11.9 Å². The third-order valence-corrected chi connectivity index (χ3v) is 3.70. The Bertz CT molecular complexity index is 615. The van der Waals surface area contributed by atoms with Crippen molar-refractivity contribution < 1.29 is 9.13 Å². The fourth-order valence-corrected chi connectivity index (χ4v) is 2.66. The summed E-state index contributed by atoms with van der Waals surface area (Å²) >= 11 is 0. The minimum absolute atomic E-state index is 0.167. The number of rotatable bonds is 4. The molecule has 1 heterocycles. The molecule has 104 valence electrons. The lowest BCUT2D eigenvalue weighted by atomic mass is 9.96. The predicted octanol–water partition coefficient (Wildman–Crippen LogP) is 2.51. The molecule has 20 heavy (non-hydrogen) atoms. The Morgan fingerprint density at radius 2 is 2.05 bits per heavy atom. The molecule has 4 heteroatoms. The smallest absolute Gasteiger partial charge is 0.127 e. The first kappa shape index (κ1) is 13.1. The van der Waals surface area contributed by atoms with Gasteiger partial charge in [0, 0.05) is 12.0 Å². The standard InChI is InChI=1S/C16H17FN2O/c17-14-7-2-1-4-12(14)10-15(19-18)13-6-3-5-11-8-9-20-16(11)13/h1-7,15,19H,8-10,18H2. The molecule has 2 aromatic carbocycles. The topological polar surface area (TPSA) is 47.3 Å². The van der Waals surface area contributed by atoms with Gasteiger partial charge in [0.15, 0.2) is 0 Å². The second kappa shape index (κ2) is 5.61. The molecule has 0 aliphatic carbocycles. The minimum atomic E-state index is -0.207. The number of benzene rings is 2. The van der Waals surface area contributed by atoms with Crippen molar-refractivity contribution >= 4 is 0 Å². The Morgan fingerprint density at radius 1 is 1.20 bits per heavy atom. The second-order valence-electron chi connectivity index (χ2n) is 4.95. The summed E-state index contributed by atoms with van der Waals surface area (Å²) in [6, 6.07) is 12.6. The number of ether oxygens (including phenoxy) is 1. The summed E-state index contributed by atoms with van der Waals surface area (Å²) in [5, 5.41) is 0. The van der Waals surface area contributed by atoms with Gasteiger partial charge in [0.2, 0.25) is 0 Å². The molecule has 0 saturated heterocycles. The van der Waals surface area contributed by atoms with Crippen LogP contribution in [0.15, 0.2) is 42.5 Å². The predicted molar refractivity (Wildman–Crippen MR) is 75.8 cm³/mol. The molecular formula is C16H17FN2O. The zero-order valence-electron chi connectivity index (χ0n) is 11.1. The van der Waals surface area contributed by atoms with Crippen molar-refractivity contribution in [2.45, 2.75) is 18.9 Å². The Labute approximate surface area is 117 Å². The SMILES string of the molecule is NNC(Cc1ccccc1F)c1cccc2c1OCC2. The van der Waals surface area contributed by atoms with Crippen molar-refractivity contribution in [2.24, 2.45) is 5.84 Å². The number of para-hydroxylation sites is 1.